The van der Waals surface area contributed by atoms with Crippen LogP contribution in [0, 0.1) is 0 Å². The second-order valence-corrected chi connectivity index (χ2v) is 5.64. The molecule has 0 atom stereocenters. The molecule has 0 saturated heterocycles. The number of nitrogens with one attached hydrogen (secondary N) is 1. The molecule has 1 N–H and O–H groups in total. The zero-order chi connectivity index (χ0) is 14.6. The number of pyridine rings is 1. The van der Waals surface area contributed by atoms with E-state index < -0.39 is 0 Å². The van der Waals surface area contributed by atoms with Gasteiger partial charge in [-0.15, -0.1) is 0 Å². The van der Waals surface area contributed by atoms with Crippen LogP contribution in [0.3, 0.4) is 0 Å². The lowest BCUT2D eigenvalue weighted by Gasteiger charge is -2.18. The maximum Gasteiger partial charge on any atom is 0.213 e. The van der Waals surface area contributed by atoms with E-state index in [4.69, 9.17) is 4.74 Å². The van der Waals surface area contributed by atoms with Gasteiger partial charge < -0.3 is 10.1 Å². The van der Waals surface area contributed by atoms with Crippen LogP contribution in [-0.2, 0) is 12.1 Å². The van der Waals surface area contributed by atoms with Gasteiger partial charge in [-0.2, -0.15) is 5.10 Å². The SMILES string of the molecule is CCOc1ccc(NCc2cnn(C(C)(C)C)c2)cn1. The van der Waals surface area contributed by atoms with E-state index in [0.717, 1.165) is 17.8 Å². The van der Waals surface area contributed by atoms with Gasteiger partial charge >= 0.3 is 0 Å². The number of ether oxygens (including phenoxy) is 1. The van der Waals surface area contributed by atoms with Crippen molar-refractivity contribution in [1.82, 2.24) is 14.8 Å². The summed E-state index contributed by atoms with van der Waals surface area (Å²) < 4.78 is 7.28. The van der Waals surface area contributed by atoms with Crippen molar-refractivity contribution in [2.75, 3.05) is 11.9 Å². The Kier molecular flexibility index (Phi) is 4.27. The maximum atomic E-state index is 5.31. The predicted octanol–water partition coefficient (Wildman–Crippen LogP) is 3.04. The van der Waals surface area contributed by atoms with Crippen molar-refractivity contribution in [1.29, 1.82) is 0 Å². The molecule has 0 radical (unpaired) electrons. The molecule has 2 aromatic heterocycles. The molecule has 0 bridgehead atoms. The van der Waals surface area contributed by atoms with Crippen LogP contribution in [0.25, 0.3) is 0 Å². The molecule has 0 aliphatic heterocycles. The van der Waals surface area contributed by atoms with Crippen molar-refractivity contribution in [2.45, 2.75) is 39.8 Å². The Morgan fingerprint density at radius 2 is 2.05 bits per heavy atom. The highest BCUT2D eigenvalue weighted by atomic mass is 16.5. The molecule has 2 heterocycles. The quantitative estimate of drug-likeness (QED) is 0.910. The third-order valence-electron chi connectivity index (χ3n) is 2.85. The Hall–Kier alpha value is -2.04. The minimum Gasteiger partial charge on any atom is -0.478 e. The first kappa shape index (κ1) is 14.4. The maximum absolute atomic E-state index is 5.31. The molecular formula is C15H22N4O. The van der Waals surface area contributed by atoms with Gasteiger partial charge in [0.15, 0.2) is 0 Å². The van der Waals surface area contributed by atoms with E-state index in [1.165, 1.54) is 0 Å². The smallest absolute Gasteiger partial charge is 0.213 e. The molecular weight excluding hydrogens is 252 g/mol. The van der Waals surface area contributed by atoms with Crippen LogP contribution in [0.2, 0.25) is 0 Å². The highest BCUT2D eigenvalue weighted by Gasteiger charge is 2.13. The van der Waals surface area contributed by atoms with Gasteiger partial charge in [-0.25, -0.2) is 4.98 Å². The van der Waals surface area contributed by atoms with Crippen molar-refractivity contribution in [3.05, 3.63) is 36.3 Å². The Morgan fingerprint density at radius 1 is 1.25 bits per heavy atom. The molecule has 0 aliphatic carbocycles. The summed E-state index contributed by atoms with van der Waals surface area (Å²) in [6.07, 6.45) is 5.73. The van der Waals surface area contributed by atoms with Gasteiger partial charge in [0.1, 0.15) is 0 Å². The van der Waals surface area contributed by atoms with Gasteiger partial charge in [-0.3, -0.25) is 4.68 Å². The summed E-state index contributed by atoms with van der Waals surface area (Å²) in [6, 6.07) is 3.83. The van der Waals surface area contributed by atoms with Crippen molar-refractivity contribution in [3.63, 3.8) is 0 Å². The number of hydrogen-bond donors (Lipinski definition) is 1. The highest BCUT2D eigenvalue weighted by Crippen LogP contribution is 2.15. The summed E-state index contributed by atoms with van der Waals surface area (Å²) in [6.45, 7) is 9.70. The van der Waals surface area contributed by atoms with Crippen LogP contribution < -0.4 is 10.1 Å². The van der Waals surface area contributed by atoms with Gasteiger partial charge in [0, 0.05) is 24.4 Å². The van der Waals surface area contributed by atoms with Crippen molar-refractivity contribution in [3.8, 4) is 5.88 Å². The summed E-state index contributed by atoms with van der Waals surface area (Å²) >= 11 is 0. The lowest BCUT2D eigenvalue weighted by molar-refractivity contribution is 0.327. The molecule has 5 heteroatoms. The minimum atomic E-state index is 0.0128. The van der Waals surface area contributed by atoms with E-state index in [-0.39, 0.29) is 5.54 Å². The molecule has 0 spiro atoms. The van der Waals surface area contributed by atoms with Crippen LogP contribution >= 0.6 is 0 Å². The molecule has 2 rings (SSSR count). The van der Waals surface area contributed by atoms with Crippen molar-refractivity contribution in [2.24, 2.45) is 0 Å². The first-order valence-corrected chi connectivity index (χ1v) is 6.86. The van der Waals surface area contributed by atoms with E-state index in [1.54, 1.807) is 6.20 Å². The molecule has 0 unspecified atom stereocenters. The first-order chi connectivity index (χ1) is 9.49. The first-order valence-electron chi connectivity index (χ1n) is 6.86. The van der Waals surface area contributed by atoms with E-state index in [1.807, 2.05) is 29.9 Å². The van der Waals surface area contributed by atoms with E-state index >= 15 is 0 Å². The van der Waals surface area contributed by atoms with E-state index in [9.17, 15) is 0 Å². The van der Waals surface area contributed by atoms with Crippen LogP contribution in [0.4, 0.5) is 5.69 Å². The summed E-state index contributed by atoms with van der Waals surface area (Å²) in [5.41, 5.74) is 2.13. The molecule has 0 aliphatic rings. The molecule has 0 aromatic carbocycles. The Balaban J connectivity index is 1.93. The van der Waals surface area contributed by atoms with E-state index in [0.29, 0.717) is 12.5 Å². The van der Waals surface area contributed by atoms with Crippen LogP contribution in [0.15, 0.2) is 30.7 Å². The Labute approximate surface area is 120 Å². The van der Waals surface area contributed by atoms with Gasteiger partial charge in [0.25, 0.3) is 0 Å². The van der Waals surface area contributed by atoms with Gasteiger partial charge in [-0.05, 0) is 33.8 Å². The average molecular weight is 274 g/mol. The molecule has 0 fully saturated rings. The summed E-state index contributed by atoms with van der Waals surface area (Å²) in [5, 5.41) is 7.70. The average Bonchev–Trinajstić information content (AvgIpc) is 2.87. The topological polar surface area (TPSA) is 52.0 Å². The summed E-state index contributed by atoms with van der Waals surface area (Å²) in [4.78, 5) is 4.22. The Bertz CT molecular complexity index is 540. The highest BCUT2D eigenvalue weighted by molar-refractivity contribution is 5.42. The molecule has 5 nitrogen and oxygen atoms in total. The lowest BCUT2D eigenvalue weighted by Crippen LogP contribution is -2.21. The molecule has 108 valence electrons. The summed E-state index contributed by atoms with van der Waals surface area (Å²) in [7, 11) is 0. The molecule has 2 aromatic rings. The standard InChI is InChI=1S/C15H22N4O/c1-5-20-14-7-6-13(10-17-14)16-8-12-9-18-19(11-12)15(2,3)4/h6-7,9-11,16H,5,8H2,1-4H3. The normalized spacial score (nSPS) is 11.4. The number of aromatic nitrogens is 3. The third-order valence-corrected chi connectivity index (χ3v) is 2.85. The molecule has 0 amide bonds. The molecule has 0 saturated carbocycles. The minimum absolute atomic E-state index is 0.0128. The predicted molar refractivity (Wildman–Crippen MR) is 80.0 cm³/mol. The number of nitrogens with zero attached hydrogens (tertiary/aromatic N) is 3. The monoisotopic (exact) mass is 274 g/mol. The van der Waals surface area contributed by atoms with Crippen LogP contribution in [-0.4, -0.2) is 21.4 Å². The van der Waals surface area contributed by atoms with Crippen LogP contribution in [0.5, 0.6) is 5.88 Å². The number of rotatable bonds is 5. The Morgan fingerprint density at radius 3 is 2.60 bits per heavy atom. The fraction of sp³-hybridized carbons (Fsp3) is 0.467. The van der Waals surface area contributed by atoms with E-state index in [2.05, 4.69) is 42.4 Å². The number of hydrogen-bond acceptors (Lipinski definition) is 4. The zero-order valence-electron chi connectivity index (χ0n) is 12.6. The zero-order valence-corrected chi connectivity index (χ0v) is 12.6. The fourth-order valence-electron chi connectivity index (χ4n) is 1.74. The van der Waals surface area contributed by atoms with Gasteiger partial charge in [0.05, 0.1) is 30.2 Å². The largest absolute Gasteiger partial charge is 0.478 e. The number of anilines is 1. The molecule has 20 heavy (non-hydrogen) atoms. The van der Waals surface area contributed by atoms with Gasteiger partial charge in [-0.1, -0.05) is 0 Å². The second-order valence-electron chi connectivity index (χ2n) is 5.64. The van der Waals surface area contributed by atoms with Gasteiger partial charge in [0.2, 0.25) is 5.88 Å². The van der Waals surface area contributed by atoms with Crippen LogP contribution in [0.1, 0.15) is 33.3 Å². The second kappa shape index (κ2) is 5.94. The third kappa shape index (κ3) is 3.73. The summed E-state index contributed by atoms with van der Waals surface area (Å²) in [5.74, 6) is 0.651. The van der Waals surface area contributed by atoms with Crippen molar-refractivity contribution >= 4 is 5.69 Å². The lowest BCUT2D eigenvalue weighted by atomic mass is 10.1. The fourth-order valence-corrected chi connectivity index (χ4v) is 1.74. The van der Waals surface area contributed by atoms with Crippen molar-refractivity contribution < 1.29 is 4.74 Å².